The maximum absolute atomic E-state index is 12.8. The maximum atomic E-state index is 12.8. The molecule has 12 aromatic rings. The Morgan fingerprint density at radius 3 is 1.30 bits per heavy atom. The molecule has 9 aromatic heterocycles. The van der Waals surface area contributed by atoms with Crippen molar-refractivity contribution in [3.8, 4) is 45.3 Å². The number of benzene rings is 3. The predicted molar refractivity (Wildman–Crippen MR) is 403 cm³/mol. The molecule has 0 saturated carbocycles. The quantitative estimate of drug-likeness (QED) is 0.0950. The van der Waals surface area contributed by atoms with Crippen LogP contribution >= 0.6 is 35.0 Å². The molecule has 3 fully saturated rings. The van der Waals surface area contributed by atoms with Gasteiger partial charge in [0.2, 0.25) is 0 Å². The topological polar surface area (TPSA) is 291 Å². The lowest BCUT2D eigenvalue weighted by molar-refractivity contribution is 0.0171. The number of imidazole rings is 3. The Balaban J connectivity index is 0.000000144. The van der Waals surface area contributed by atoms with E-state index in [0.29, 0.717) is 100 Å². The van der Waals surface area contributed by atoms with Crippen LogP contribution in [0.25, 0.3) is 83.6 Å². The molecular weight excluding hydrogens is 1450 g/mol. The fourth-order valence-electron chi connectivity index (χ4n) is 12.7. The summed E-state index contributed by atoms with van der Waals surface area (Å²) in [6.07, 6.45) is 16.4. The van der Waals surface area contributed by atoms with Crippen molar-refractivity contribution < 1.29 is 46.9 Å². The Hall–Kier alpha value is -9.77. The summed E-state index contributed by atoms with van der Waals surface area (Å²) < 4.78 is 46.0. The number of ether oxygens (including phenoxy) is 4. The highest BCUT2D eigenvalue weighted by atomic mass is 127. The van der Waals surface area contributed by atoms with Crippen molar-refractivity contribution in [1.29, 1.82) is 0 Å². The van der Waals surface area contributed by atoms with Crippen molar-refractivity contribution in [3.63, 3.8) is 0 Å². The summed E-state index contributed by atoms with van der Waals surface area (Å²) in [5.41, 5.74) is 9.49. The molecular formula is C76H84ClIN12O13. The fraction of sp³-hybridized carbons (Fsp3) is 0.382. The van der Waals surface area contributed by atoms with Gasteiger partial charge in [-0.15, -0.1) is 12.4 Å². The van der Waals surface area contributed by atoms with E-state index in [1.165, 1.54) is 6.42 Å². The minimum absolute atomic E-state index is 0. The minimum Gasteiger partial charge on any atom is -0.492 e. The number of hydrogen-bond donors (Lipinski definition) is 2. The van der Waals surface area contributed by atoms with Gasteiger partial charge in [0.25, 0.3) is 0 Å². The number of aliphatic hydroxyl groups is 1. The largest absolute Gasteiger partial charge is 0.492 e. The van der Waals surface area contributed by atoms with Crippen LogP contribution in [-0.4, -0.2) is 139 Å². The molecule has 15 rings (SSSR count). The number of aryl methyl sites for hydroxylation is 6. The number of rotatable bonds is 10. The second-order valence-electron chi connectivity index (χ2n) is 27.9. The average molecular weight is 1540 g/mol. The molecule has 12 heterocycles. The Bertz CT molecular complexity index is 5340. The molecule has 540 valence electrons. The molecule has 3 aliphatic heterocycles. The first-order valence-corrected chi connectivity index (χ1v) is 35.2. The van der Waals surface area contributed by atoms with Crippen LogP contribution in [0.2, 0.25) is 0 Å². The number of halogens is 2. The van der Waals surface area contributed by atoms with E-state index in [-0.39, 0.29) is 48.9 Å². The van der Waals surface area contributed by atoms with E-state index in [0.717, 1.165) is 104 Å². The van der Waals surface area contributed by atoms with Gasteiger partial charge in [0.05, 0.1) is 86.6 Å². The molecule has 0 spiro atoms. The van der Waals surface area contributed by atoms with Crippen molar-refractivity contribution in [1.82, 2.24) is 58.2 Å². The molecule has 3 aromatic carbocycles. The van der Waals surface area contributed by atoms with Crippen LogP contribution in [0.5, 0.6) is 11.5 Å². The van der Waals surface area contributed by atoms with Crippen LogP contribution in [0, 0.1) is 45.1 Å². The smallest absolute Gasteiger partial charge is 0.410 e. The molecule has 0 radical (unpaired) electrons. The van der Waals surface area contributed by atoms with E-state index in [2.05, 4.69) is 57.8 Å². The number of amides is 2. The van der Waals surface area contributed by atoms with Gasteiger partial charge in [0.15, 0.2) is 16.9 Å². The Kier molecular flexibility index (Phi) is 22.4. The van der Waals surface area contributed by atoms with E-state index in [1.807, 2.05) is 188 Å². The van der Waals surface area contributed by atoms with Crippen molar-refractivity contribution in [3.05, 3.63) is 179 Å². The van der Waals surface area contributed by atoms with Crippen LogP contribution in [0.4, 0.5) is 9.59 Å². The zero-order valence-electron chi connectivity index (χ0n) is 59.7. The van der Waals surface area contributed by atoms with Crippen LogP contribution in [-0.2, 0) is 9.47 Å². The molecule has 3 aliphatic rings. The number of nitrogens with one attached hydrogen (secondary N) is 1. The average Bonchev–Trinajstić information content (AvgIpc) is 1.68. The third kappa shape index (κ3) is 17.7. The minimum atomic E-state index is -0.544. The lowest BCUT2D eigenvalue weighted by atomic mass is 10.1. The first-order valence-electron chi connectivity index (χ1n) is 34.1. The van der Waals surface area contributed by atoms with Crippen molar-refractivity contribution in [2.24, 2.45) is 0 Å². The van der Waals surface area contributed by atoms with Crippen molar-refractivity contribution in [2.45, 2.75) is 151 Å². The van der Waals surface area contributed by atoms with Gasteiger partial charge in [0, 0.05) is 88.2 Å². The normalized spacial score (nSPS) is 16.0. The maximum Gasteiger partial charge on any atom is 0.410 e. The highest BCUT2D eigenvalue weighted by molar-refractivity contribution is 14.1. The van der Waals surface area contributed by atoms with Gasteiger partial charge in [-0.1, -0.05) is 6.07 Å². The van der Waals surface area contributed by atoms with E-state index in [9.17, 15) is 24.0 Å². The number of fused-ring (bicyclic) bond motifs is 6. The molecule has 25 nitrogen and oxygen atoms in total. The lowest BCUT2D eigenvalue weighted by Crippen LogP contribution is -2.42. The number of aromatic nitrogens is 9. The van der Waals surface area contributed by atoms with E-state index >= 15 is 0 Å². The zero-order valence-corrected chi connectivity index (χ0v) is 62.6. The van der Waals surface area contributed by atoms with E-state index in [4.69, 9.17) is 37.3 Å². The summed E-state index contributed by atoms with van der Waals surface area (Å²) in [4.78, 5) is 92.3. The summed E-state index contributed by atoms with van der Waals surface area (Å²) in [6.45, 7) is 25.9. The van der Waals surface area contributed by atoms with Crippen LogP contribution in [0.3, 0.4) is 0 Å². The van der Waals surface area contributed by atoms with E-state index in [1.54, 1.807) is 28.0 Å². The number of carbonyl (C=O) groups is 2. The number of aliphatic hydroxyl groups excluding tert-OH is 1. The first-order chi connectivity index (χ1) is 48.6. The molecule has 0 unspecified atom stereocenters. The van der Waals surface area contributed by atoms with Gasteiger partial charge in [-0.05, 0) is 205 Å². The highest BCUT2D eigenvalue weighted by Gasteiger charge is 2.34. The number of hydrogen-bond acceptors (Lipinski definition) is 20. The van der Waals surface area contributed by atoms with Gasteiger partial charge in [-0.2, -0.15) is 0 Å². The van der Waals surface area contributed by atoms with Crippen molar-refractivity contribution >= 4 is 97.0 Å². The molecule has 3 atom stereocenters. The summed E-state index contributed by atoms with van der Waals surface area (Å²) in [5, 5.41) is 14.9. The lowest BCUT2D eigenvalue weighted by Gasteiger charge is -2.28. The fourth-order valence-corrected chi connectivity index (χ4v) is 13.2. The van der Waals surface area contributed by atoms with Crippen molar-refractivity contribution in [2.75, 3.05) is 39.5 Å². The van der Waals surface area contributed by atoms with Crippen LogP contribution in [0.1, 0.15) is 114 Å². The van der Waals surface area contributed by atoms with Gasteiger partial charge in [0.1, 0.15) is 52.7 Å². The van der Waals surface area contributed by atoms with Crippen LogP contribution < -0.4 is 31.7 Å². The second-order valence-corrected chi connectivity index (χ2v) is 29.2. The summed E-state index contributed by atoms with van der Waals surface area (Å²) in [7, 11) is 0. The van der Waals surface area contributed by atoms with Gasteiger partial charge < -0.3 is 65.6 Å². The summed E-state index contributed by atoms with van der Waals surface area (Å²) in [6, 6.07) is 22.4. The number of carbonyl (C=O) groups excluding carboxylic acids is 2. The Labute approximate surface area is 613 Å². The molecule has 2 N–H and O–H groups in total. The summed E-state index contributed by atoms with van der Waals surface area (Å²) in [5.74, 6) is 1.27. The number of likely N-dealkylation sites (tertiary alicyclic amines) is 2. The summed E-state index contributed by atoms with van der Waals surface area (Å²) >= 11 is 2.19. The predicted octanol–water partition coefficient (Wildman–Crippen LogP) is 13.7. The number of nitrogens with zero attached hydrogens (tertiary/aromatic N) is 11. The second kappa shape index (κ2) is 31.1. The van der Waals surface area contributed by atoms with E-state index < -0.39 is 22.5 Å². The molecule has 2 amide bonds. The molecule has 3 saturated heterocycles. The molecule has 103 heavy (non-hydrogen) atoms. The SMILES string of the molecule is CC(C)(C)OC(=O)N1CCC[C@@H]1CO.Cc1cn2cc(-c3cc4ccc(I)cc4oc3=O)nc2c(C)n1.Cc1cn2cc(-c3cc4ccc(OC[C@H]5CCCN5)cc4oc3=O)nc2c(C)n1.Cc1cn2cc(-c3cc4ccc(OC[C@H]5CCCN5C(=O)OC(C)(C)C)cc4oc3=O)nc2c(C)n1.Cl. The van der Waals surface area contributed by atoms with Crippen LogP contribution in [0.15, 0.2) is 138 Å². The Morgan fingerprint density at radius 2 is 0.903 bits per heavy atom. The monoisotopic (exact) mass is 1530 g/mol. The zero-order chi connectivity index (χ0) is 72.5. The standard InChI is InChI=1S/C27H30N4O5.C22H22N4O3.C17H12IN3O2.C10H19NO3.ClH/c1-16-13-30-14-22(29-24(30)17(2)28-16)21-11-18-8-9-20(12-23(18)35-25(21)32)34-15-19-7-6-10-31(19)26(33)36-27(3,4)5;1-13-10-26-11-19(25-21(26)14(2)24-13)18-8-15-5-6-17(9-20(15)29-22(18)27)28-12-16-4-3-7-23-16;1-9-7-21-8-14(20-16(21)10(2)19-9)13-5-11-3-4-12(18)6-15(11)23-17(13)22;1-10(2,3)14-9(13)11-6-4-5-8(11)7-12;/h8-9,11-14,19H,6-7,10,15H2,1-5H3;5-6,8-11,16,23H,3-4,7,12H2,1-2H3;3-8H,1-2H3;8,12H,4-7H2,1-3H3;1H/t19-;16-;;8-;/m11.1./s1. The van der Waals surface area contributed by atoms with Gasteiger partial charge in [-0.25, -0.2) is 38.9 Å². The molecule has 27 heteroatoms. The molecule has 0 bridgehead atoms. The molecule has 0 aliphatic carbocycles. The third-order valence-corrected chi connectivity index (χ3v) is 18.1. The van der Waals surface area contributed by atoms with Gasteiger partial charge in [-0.3, -0.25) is 15.0 Å². The Morgan fingerprint density at radius 1 is 0.515 bits per heavy atom. The highest BCUT2D eigenvalue weighted by Crippen LogP contribution is 2.31. The first kappa shape index (κ1) is 74.4. The van der Waals surface area contributed by atoms with Gasteiger partial charge >= 0.3 is 29.1 Å². The third-order valence-electron chi connectivity index (χ3n) is 17.4.